The van der Waals surface area contributed by atoms with Crippen LogP contribution in [0.1, 0.15) is 24.1 Å². The smallest absolute Gasteiger partial charge is 0.408 e. The van der Waals surface area contributed by atoms with Gasteiger partial charge >= 0.3 is 5.76 Å². The van der Waals surface area contributed by atoms with Crippen LogP contribution in [-0.4, -0.2) is 50.3 Å². The fourth-order valence-electron chi connectivity index (χ4n) is 3.39. The number of nitrogens with one attached hydrogen (secondary N) is 1. The third kappa shape index (κ3) is 2.80. The maximum atomic E-state index is 13.0. The number of aryl methyl sites for hydroxylation is 1. The summed E-state index contributed by atoms with van der Waals surface area (Å²) in [5.41, 5.74) is 1.06. The lowest BCUT2D eigenvalue weighted by atomic mass is 10.2. The maximum Gasteiger partial charge on any atom is 0.420 e. The number of carbonyl (C=O) groups is 1. The van der Waals surface area contributed by atoms with Crippen molar-refractivity contribution in [2.45, 2.75) is 32.0 Å². The van der Waals surface area contributed by atoms with E-state index in [9.17, 15) is 9.59 Å². The molecule has 1 fully saturated rings. The molecule has 1 aliphatic heterocycles. The number of hydrogen-bond acceptors (Lipinski definition) is 6. The van der Waals surface area contributed by atoms with Crippen LogP contribution in [0, 0.1) is 6.92 Å². The first-order chi connectivity index (χ1) is 12.6. The van der Waals surface area contributed by atoms with E-state index in [0.717, 1.165) is 0 Å². The molecule has 1 aromatic carbocycles. The quantitative estimate of drug-likeness (QED) is 0.747. The minimum Gasteiger partial charge on any atom is -0.408 e. The topological polar surface area (TPSA) is 106 Å². The van der Waals surface area contributed by atoms with Gasteiger partial charge in [0.05, 0.1) is 17.7 Å². The van der Waals surface area contributed by atoms with Gasteiger partial charge in [-0.25, -0.2) is 9.78 Å². The van der Waals surface area contributed by atoms with Crippen LogP contribution in [0.15, 0.2) is 33.5 Å². The van der Waals surface area contributed by atoms with Gasteiger partial charge in [-0.05, 0) is 19.1 Å². The normalized spacial score (nSPS) is 20.2. The molecule has 1 aliphatic rings. The molecule has 2 aromatic heterocycles. The van der Waals surface area contributed by atoms with Crippen molar-refractivity contribution >= 4 is 17.0 Å². The lowest BCUT2D eigenvalue weighted by molar-refractivity contribution is -0.133. The molecule has 9 nitrogen and oxygen atoms in total. The lowest BCUT2D eigenvalue weighted by Gasteiger charge is -2.22. The van der Waals surface area contributed by atoms with Gasteiger partial charge in [0, 0.05) is 20.1 Å². The predicted octanol–water partition coefficient (Wildman–Crippen LogP) is 1.01. The minimum absolute atomic E-state index is 0.0967. The summed E-state index contributed by atoms with van der Waals surface area (Å²) in [5.74, 6) is 0.489. The van der Waals surface area contributed by atoms with Gasteiger partial charge in [0.1, 0.15) is 12.4 Å². The van der Waals surface area contributed by atoms with Crippen molar-refractivity contribution in [2.24, 2.45) is 0 Å². The van der Waals surface area contributed by atoms with Crippen LogP contribution >= 0.6 is 0 Å². The Labute approximate surface area is 148 Å². The Morgan fingerprint density at radius 3 is 2.96 bits per heavy atom. The van der Waals surface area contributed by atoms with Crippen molar-refractivity contribution in [3.8, 4) is 0 Å². The zero-order chi connectivity index (χ0) is 18.3. The van der Waals surface area contributed by atoms with Crippen molar-refractivity contribution in [1.82, 2.24) is 24.6 Å². The van der Waals surface area contributed by atoms with Crippen LogP contribution < -0.4 is 5.76 Å². The van der Waals surface area contributed by atoms with Crippen LogP contribution in [0.4, 0.5) is 0 Å². The summed E-state index contributed by atoms with van der Waals surface area (Å²) in [4.78, 5) is 31.1. The first-order valence-electron chi connectivity index (χ1n) is 8.36. The first-order valence-corrected chi connectivity index (χ1v) is 8.36. The zero-order valence-corrected chi connectivity index (χ0v) is 14.5. The summed E-state index contributed by atoms with van der Waals surface area (Å²) in [6.45, 7) is 2.13. The number of amides is 1. The number of oxazole rings is 1. The molecular formula is C17H19N5O4. The number of carbonyl (C=O) groups excluding carboxylic acids is 1. The Kier molecular flexibility index (Phi) is 4.08. The number of para-hydroxylation sites is 2. The SMILES string of the molecule is CO[C@H]1C[C@@H](c2n[nH]c(C)n2)N(C(=O)Cn2c(=O)oc3ccccc32)C1. The molecular weight excluding hydrogens is 338 g/mol. The number of likely N-dealkylation sites (tertiary alicyclic amines) is 1. The highest BCUT2D eigenvalue weighted by Crippen LogP contribution is 2.31. The van der Waals surface area contributed by atoms with Gasteiger partial charge in [0.25, 0.3) is 0 Å². The molecule has 1 amide bonds. The highest BCUT2D eigenvalue weighted by molar-refractivity contribution is 5.80. The Morgan fingerprint density at radius 2 is 2.23 bits per heavy atom. The molecule has 0 aliphatic carbocycles. The van der Waals surface area contributed by atoms with Crippen molar-refractivity contribution in [3.05, 3.63) is 46.5 Å². The summed E-state index contributed by atoms with van der Waals surface area (Å²) in [6, 6.07) is 6.75. The Balaban J connectivity index is 1.63. The largest absolute Gasteiger partial charge is 0.420 e. The van der Waals surface area contributed by atoms with Crippen molar-refractivity contribution < 1.29 is 13.9 Å². The fourth-order valence-corrected chi connectivity index (χ4v) is 3.39. The average Bonchev–Trinajstić information content (AvgIpc) is 3.32. The summed E-state index contributed by atoms with van der Waals surface area (Å²) >= 11 is 0. The van der Waals surface area contributed by atoms with E-state index >= 15 is 0 Å². The van der Waals surface area contributed by atoms with E-state index in [2.05, 4.69) is 15.2 Å². The van der Waals surface area contributed by atoms with Gasteiger partial charge < -0.3 is 14.1 Å². The number of hydrogen-bond donors (Lipinski definition) is 1. The van der Waals surface area contributed by atoms with Crippen molar-refractivity contribution in [3.63, 3.8) is 0 Å². The molecule has 0 bridgehead atoms. The molecule has 9 heteroatoms. The highest BCUT2D eigenvalue weighted by atomic mass is 16.5. The second kappa shape index (κ2) is 6.41. The van der Waals surface area contributed by atoms with E-state index in [1.807, 2.05) is 6.92 Å². The van der Waals surface area contributed by atoms with E-state index in [4.69, 9.17) is 9.15 Å². The van der Waals surface area contributed by atoms with Crippen LogP contribution in [0.5, 0.6) is 0 Å². The van der Waals surface area contributed by atoms with Gasteiger partial charge in [-0.15, -0.1) is 0 Å². The molecule has 0 unspecified atom stereocenters. The molecule has 0 radical (unpaired) electrons. The molecule has 2 atom stereocenters. The lowest BCUT2D eigenvalue weighted by Crippen LogP contribution is -2.36. The van der Waals surface area contributed by atoms with Gasteiger partial charge in [-0.3, -0.25) is 14.5 Å². The van der Waals surface area contributed by atoms with E-state index in [1.54, 1.807) is 36.3 Å². The number of aromatic nitrogens is 4. The van der Waals surface area contributed by atoms with E-state index in [0.29, 0.717) is 35.7 Å². The number of H-pyrrole nitrogens is 1. The van der Waals surface area contributed by atoms with Gasteiger partial charge in [-0.2, -0.15) is 5.10 Å². The van der Waals surface area contributed by atoms with E-state index in [1.165, 1.54) is 4.57 Å². The fraction of sp³-hybridized carbons (Fsp3) is 0.412. The molecule has 4 rings (SSSR count). The average molecular weight is 357 g/mol. The number of rotatable bonds is 4. The standard InChI is InChI=1S/C17H19N5O4/c1-10-18-16(20-19-10)13-7-11(25-2)8-21(13)15(23)9-22-12-5-3-4-6-14(12)26-17(22)24/h3-6,11,13H,7-9H2,1-2H3,(H,18,19,20)/t11-,13-/m0/s1. The summed E-state index contributed by atoms with van der Waals surface area (Å²) < 4.78 is 12.0. The number of methoxy groups -OCH3 is 1. The molecule has 3 heterocycles. The van der Waals surface area contributed by atoms with Crippen molar-refractivity contribution in [1.29, 1.82) is 0 Å². The molecule has 3 aromatic rings. The van der Waals surface area contributed by atoms with Gasteiger partial charge in [0.15, 0.2) is 11.4 Å². The number of benzene rings is 1. The molecule has 0 spiro atoms. The van der Waals surface area contributed by atoms with Crippen molar-refractivity contribution in [2.75, 3.05) is 13.7 Å². The number of ether oxygens (including phenoxy) is 1. The minimum atomic E-state index is -0.549. The molecule has 26 heavy (non-hydrogen) atoms. The van der Waals surface area contributed by atoms with E-state index in [-0.39, 0.29) is 24.6 Å². The Hall–Kier alpha value is -2.94. The third-order valence-corrected chi connectivity index (χ3v) is 4.70. The van der Waals surface area contributed by atoms with Crippen LogP contribution in [0.25, 0.3) is 11.1 Å². The third-order valence-electron chi connectivity index (χ3n) is 4.70. The van der Waals surface area contributed by atoms with Gasteiger partial charge in [-0.1, -0.05) is 12.1 Å². The number of aromatic amines is 1. The van der Waals surface area contributed by atoms with Crippen LogP contribution in [0.2, 0.25) is 0 Å². The Bertz CT molecular complexity index is 1000. The Morgan fingerprint density at radius 1 is 1.42 bits per heavy atom. The van der Waals surface area contributed by atoms with Gasteiger partial charge in [0.2, 0.25) is 5.91 Å². The second-order valence-corrected chi connectivity index (χ2v) is 6.36. The molecule has 1 N–H and O–H groups in total. The molecule has 0 saturated carbocycles. The zero-order valence-electron chi connectivity index (χ0n) is 14.5. The number of fused-ring (bicyclic) bond motifs is 1. The monoisotopic (exact) mass is 357 g/mol. The molecule has 1 saturated heterocycles. The molecule has 136 valence electrons. The predicted molar refractivity (Wildman–Crippen MR) is 91.5 cm³/mol. The van der Waals surface area contributed by atoms with E-state index < -0.39 is 5.76 Å². The summed E-state index contributed by atoms with van der Waals surface area (Å²) in [6.07, 6.45) is 0.515. The number of nitrogens with zero attached hydrogens (tertiary/aromatic N) is 4. The summed E-state index contributed by atoms with van der Waals surface area (Å²) in [7, 11) is 1.62. The van der Waals surface area contributed by atoms with Crippen LogP contribution in [0.3, 0.4) is 0 Å². The summed E-state index contributed by atoms with van der Waals surface area (Å²) in [5, 5.41) is 7.00. The van der Waals surface area contributed by atoms with Crippen LogP contribution in [-0.2, 0) is 16.1 Å². The highest BCUT2D eigenvalue weighted by Gasteiger charge is 2.38. The first kappa shape index (κ1) is 16.5. The maximum absolute atomic E-state index is 13.0. The second-order valence-electron chi connectivity index (χ2n) is 6.36.